The van der Waals surface area contributed by atoms with Crippen molar-refractivity contribution >= 4 is 15.7 Å². The summed E-state index contributed by atoms with van der Waals surface area (Å²) in [5.41, 5.74) is 0.0897. The van der Waals surface area contributed by atoms with E-state index in [0.29, 0.717) is 5.06 Å². The summed E-state index contributed by atoms with van der Waals surface area (Å²) in [6.07, 6.45) is -4.85. The van der Waals surface area contributed by atoms with Gasteiger partial charge in [0.1, 0.15) is 0 Å². The van der Waals surface area contributed by atoms with Crippen molar-refractivity contribution in [2.24, 2.45) is 5.14 Å². The van der Waals surface area contributed by atoms with E-state index in [1.54, 1.807) is 6.07 Å². The fourth-order valence-corrected chi connectivity index (χ4v) is 2.37. The van der Waals surface area contributed by atoms with E-state index in [2.05, 4.69) is 4.84 Å². The molecule has 20 heavy (non-hydrogen) atoms. The summed E-state index contributed by atoms with van der Waals surface area (Å²) in [7, 11) is -3.96. The first-order valence-corrected chi connectivity index (χ1v) is 7.34. The number of nitrogens with two attached hydrogens (primary N) is 1. The van der Waals surface area contributed by atoms with Crippen molar-refractivity contribution in [1.82, 2.24) is 0 Å². The predicted molar refractivity (Wildman–Crippen MR) is 68.1 cm³/mol. The molecule has 0 spiro atoms. The van der Waals surface area contributed by atoms with Gasteiger partial charge in [-0.3, -0.25) is 0 Å². The molecule has 0 amide bonds. The zero-order valence-electron chi connectivity index (χ0n) is 10.7. The topological polar surface area (TPSA) is 72.6 Å². The molecule has 0 saturated heterocycles. The number of alkyl halides is 3. The van der Waals surface area contributed by atoms with Gasteiger partial charge in [0.15, 0.2) is 0 Å². The Bertz CT molecular complexity index is 519. The van der Waals surface area contributed by atoms with Gasteiger partial charge in [-0.05, 0) is 18.6 Å². The molecule has 1 unspecified atom stereocenters. The van der Waals surface area contributed by atoms with Gasteiger partial charge in [-0.2, -0.15) is 4.84 Å². The van der Waals surface area contributed by atoms with Crippen LogP contribution in [0.15, 0.2) is 30.3 Å². The highest BCUT2D eigenvalue weighted by atomic mass is 32.2. The second kappa shape index (κ2) is 6.42. The van der Waals surface area contributed by atoms with Crippen molar-refractivity contribution in [1.29, 1.82) is 0 Å². The van der Waals surface area contributed by atoms with Gasteiger partial charge in [0, 0.05) is 0 Å². The van der Waals surface area contributed by atoms with E-state index in [1.807, 2.05) is 0 Å². The van der Waals surface area contributed by atoms with Gasteiger partial charge in [0.2, 0.25) is 10.0 Å². The van der Waals surface area contributed by atoms with Crippen LogP contribution in [0, 0.1) is 0 Å². The van der Waals surface area contributed by atoms with E-state index >= 15 is 0 Å². The zero-order valence-corrected chi connectivity index (χ0v) is 11.5. The highest BCUT2D eigenvalue weighted by molar-refractivity contribution is 7.89. The molecule has 0 aliphatic carbocycles. The molecule has 1 atom stereocenters. The Morgan fingerprint density at radius 1 is 1.30 bits per heavy atom. The summed E-state index contributed by atoms with van der Waals surface area (Å²) in [5.74, 6) is 0. The average Bonchev–Trinajstić information content (AvgIpc) is 2.32. The molecule has 0 aromatic heterocycles. The Morgan fingerprint density at radius 2 is 1.85 bits per heavy atom. The zero-order chi connectivity index (χ0) is 15.4. The van der Waals surface area contributed by atoms with Gasteiger partial charge in [0.25, 0.3) is 0 Å². The lowest BCUT2D eigenvalue weighted by Crippen LogP contribution is -2.42. The fraction of sp³-hybridized carbons (Fsp3) is 0.455. The second-order valence-electron chi connectivity index (χ2n) is 4.05. The number of hydrogen-bond donors (Lipinski definition) is 1. The Labute approximate surface area is 115 Å². The Morgan fingerprint density at radius 3 is 2.25 bits per heavy atom. The van der Waals surface area contributed by atoms with Gasteiger partial charge < -0.3 is 0 Å². The largest absolute Gasteiger partial charge is 0.544 e. The molecule has 9 heteroatoms. The van der Waals surface area contributed by atoms with Crippen LogP contribution in [-0.2, 0) is 14.9 Å². The minimum absolute atomic E-state index is 0.0728. The molecular formula is C11H15F3N2O3S. The molecule has 1 aromatic rings. The third-order valence-corrected chi connectivity index (χ3v) is 3.96. The monoisotopic (exact) mass is 312 g/mol. The third-order valence-electron chi connectivity index (χ3n) is 2.55. The van der Waals surface area contributed by atoms with E-state index in [9.17, 15) is 21.6 Å². The van der Waals surface area contributed by atoms with Gasteiger partial charge in [0.05, 0.1) is 17.5 Å². The van der Waals surface area contributed by atoms with E-state index in [0.717, 1.165) is 0 Å². The van der Waals surface area contributed by atoms with Crippen LogP contribution in [0.25, 0.3) is 0 Å². The number of anilines is 1. The maximum absolute atomic E-state index is 12.4. The number of sulfonamides is 1. The number of benzene rings is 1. The number of para-hydroxylation sites is 1. The summed E-state index contributed by atoms with van der Waals surface area (Å²) < 4.78 is 59.8. The standard InChI is InChI=1S/C11H15F3N2O3S/c1-2-10(20(15,17)18)8-16(19-11(12,13)14)9-6-4-3-5-7-9/h3-7,10H,2,8H2,1H3,(H2,15,17,18). The first-order valence-electron chi connectivity index (χ1n) is 5.73. The number of hydrogen-bond acceptors (Lipinski definition) is 4. The van der Waals surface area contributed by atoms with Gasteiger partial charge in [-0.25, -0.2) is 18.6 Å². The lowest BCUT2D eigenvalue weighted by molar-refractivity contribution is -0.330. The maximum Gasteiger partial charge on any atom is 0.544 e. The van der Waals surface area contributed by atoms with Crippen molar-refractivity contribution in [3.8, 4) is 0 Å². The number of nitrogens with zero attached hydrogens (tertiary/aromatic N) is 1. The fourth-order valence-electron chi connectivity index (χ4n) is 1.56. The molecule has 114 valence electrons. The van der Waals surface area contributed by atoms with Crippen LogP contribution in [0.3, 0.4) is 0 Å². The number of halogens is 3. The maximum atomic E-state index is 12.4. The van der Waals surface area contributed by atoms with Crippen molar-refractivity contribution in [3.63, 3.8) is 0 Å². The molecule has 1 rings (SSSR count). The van der Waals surface area contributed by atoms with Crippen LogP contribution in [-0.4, -0.2) is 26.6 Å². The molecular weight excluding hydrogens is 297 g/mol. The summed E-state index contributed by atoms with van der Waals surface area (Å²) in [6, 6.07) is 7.40. The number of primary sulfonamides is 1. The Kier molecular flexibility index (Phi) is 5.37. The molecule has 0 aliphatic rings. The molecule has 0 saturated carbocycles. The summed E-state index contributed by atoms with van der Waals surface area (Å²) in [5, 5.41) is 4.31. The van der Waals surface area contributed by atoms with Crippen molar-refractivity contribution in [2.75, 3.05) is 11.6 Å². The van der Waals surface area contributed by atoms with Gasteiger partial charge in [-0.15, -0.1) is 13.2 Å². The van der Waals surface area contributed by atoms with Gasteiger partial charge in [-0.1, -0.05) is 25.1 Å². The summed E-state index contributed by atoms with van der Waals surface area (Å²) >= 11 is 0. The Hall–Kier alpha value is -1.32. The molecule has 1 aromatic carbocycles. The molecule has 0 aliphatic heterocycles. The van der Waals surface area contributed by atoms with Crippen LogP contribution < -0.4 is 10.2 Å². The van der Waals surface area contributed by atoms with E-state index in [1.165, 1.54) is 31.2 Å². The molecule has 0 radical (unpaired) electrons. The minimum Gasteiger partial charge on any atom is -0.244 e. The van der Waals surface area contributed by atoms with Gasteiger partial charge >= 0.3 is 6.36 Å². The minimum atomic E-state index is -4.92. The molecule has 5 nitrogen and oxygen atoms in total. The predicted octanol–water partition coefficient (Wildman–Crippen LogP) is 2.01. The molecule has 0 bridgehead atoms. The molecule has 0 heterocycles. The first kappa shape index (κ1) is 16.7. The second-order valence-corrected chi connectivity index (χ2v) is 5.90. The van der Waals surface area contributed by atoms with Crippen molar-refractivity contribution in [2.45, 2.75) is 25.0 Å². The van der Waals surface area contributed by atoms with Crippen molar-refractivity contribution < 1.29 is 26.4 Å². The van der Waals surface area contributed by atoms with Crippen LogP contribution >= 0.6 is 0 Å². The summed E-state index contributed by atoms with van der Waals surface area (Å²) in [6.45, 7) is 1.00. The normalized spacial score (nSPS) is 14.1. The highest BCUT2D eigenvalue weighted by Gasteiger charge is 2.35. The third kappa shape index (κ3) is 5.35. The van der Waals surface area contributed by atoms with Crippen LogP contribution in [0.4, 0.5) is 18.9 Å². The SMILES string of the molecule is CCC(CN(OC(F)(F)F)c1ccccc1)S(N)(=O)=O. The van der Waals surface area contributed by atoms with E-state index < -0.39 is 28.2 Å². The van der Waals surface area contributed by atoms with E-state index in [4.69, 9.17) is 5.14 Å². The molecule has 2 N–H and O–H groups in total. The lowest BCUT2D eigenvalue weighted by Gasteiger charge is -2.27. The summed E-state index contributed by atoms with van der Waals surface area (Å²) in [4.78, 5) is 3.86. The highest BCUT2D eigenvalue weighted by Crippen LogP contribution is 2.24. The Balaban J connectivity index is 3.00. The number of rotatable bonds is 6. The van der Waals surface area contributed by atoms with Crippen LogP contribution in [0.5, 0.6) is 0 Å². The van der Waals surface area contributed by atoms with Crippen LogP contribution in [0.2, 0.25) is 0 Å². The smallest absolute Gasteiger partial charge is 0.244 e. The average molecular weight is 312 g/mol. The number of hydroxylamine groups is 1. The molecule has 0 fully saturated rings. The van der Waals surface area contributed by atoms with Crippen LogP contribution in [0.1, 0.15) is 13.3 Å². The van der Waals surface area contributed by atoms with Crippen molar-refractivity contribution in [3.05, 3.63) is 30.3 Å². The first-order chi connectivity index (χ1) is 9.13. The van der Waals surface area contributed by atoms with E-state index in [-0.39, 0.29) is 12.1 Å². The lowest BCUT2D eigenvalue weighted by atomic mass is 10.3. The quantitative estimate of drug-likeness (QED) is 0.816.